The van der Waals surface area contributed by atoms with E-state index in [1.54, 1.807) is 0 Å². The molecule has 0 saturated carbocycles. The Morgan fingerprint density at radius 1 is 1.22 bits per heavy atom. The zero-order valence-corrected chi connectivity index (χ0v) is 10.3. The van der Waals surface area contributed by atoms with Gasteiger partial charge in [0.2, 0.25) is 0 Å². The van der Waals surface area contributed by atoms with Gasteiger partial charge in [0.25, 0.3) is 5.91 Å². The summed E-state index contributed by atoms with van der Waals surface area (Å²) in [6, 6.07) is 9.67. The molecular weight excluding hydrogens is 224 g/mol. The molecular formula is C15H13N2O. The topological polar surface area (TPSA) is 47.0 Å². The number of aromatic nitrogens is 1. The Kier molecular flexibility index (Phi) is 2.33. The van der Waals surface area contributed by atoms with Crippen LogP contribution in [0.5, 0.6) is 0 Å². The maximum atomic E-state index is 11.9. The fraction of sp³-hybridized carbons (Fsp3) is 0.133. The lowest BCUT2D eigenvalue weighted by Crippen LogP contribution is -2.02. The Morgan fingerprint density at radius 3 is 2.72 bits per heavy atom. The second-order valence-electron chi connectivity index (χ2n) is 4.54. The third-order valence-corrected chi connectivity index (χ3v) is 3.12. The van der Waals surface area contributed by atoms with Crippen LogP contribution < -0.4 is 5.32 Å². The highest BCUT2D eigenvalue weighted by Gasteiger charge is 2.25. The van der Waals surface area contributed by atoms with Crippen molar-refractivity contribution < 1.29 is 4.79 Å². The third-order valence-electron chi connectivity index (χ3n) is 3.12. The average molecular weight is 237 g/mol. The van der Waals surface area contributed by atoms with Crippen molar-refractivity contribution in [1.82, 2.24) is 10.3 Å². The lowest BCUT2D eigenvalue weighted by molar-refractivity contribution is -0.114. The van der Waals surface area contributed by atoms with E-state index in [-0.39, 0.29) is 5.91 Å². The van der Waals surface area contributed by atoms with Crippen molar-refractivity contribution >= 4 is 23.2 Å². The molecule has 1 aliphatic heterocycles. The number of nitrogens with one attached hydrogen (secondary N) is 1. The molecule has 1 aromatic heterocycles. The molecule has 1 amide bonds. The number of rotatable bonds is 1. The van der Waals surface area contributed by atoms with Crippen molar-refractivity contribution in [2.24, 2.45) is 0 Å². The van der Waals surface area contributed by atoms with E-state index in [1.165, 1.54) is 0 Å². The summed E-state index contributed by atoms with van der Waals surface area (Å²) >= 11 is 0. The molecule has 3 heteroatoms. The fourth-order valence-corrected chi connectivity index (χ4v) is 2.27. The molecule has 0 atom stereocenters. The Hall–Kier alpha value is -2.29. The Balaban J connectivity index is 2.12. The van der Waals surface area contributed by atoms with Gasteiger partial charge in [-0.2, -0.15) is 0 Å². The van der Waals surface area contributed by atoms with Crippen LogP contribution >= 0.6 is 0 Å². The summed E-state index contributed by atoms with van der Waals surface area (Å²) in [7, 11) is 0. The molecule has 0 unspecified atom stereocenters. The summed E-state index contributed by atoms with van der Waals surface area (Å²) in [5.41, 5.74) is 5.54. The van der Waals surface area contributed by atoms with E-state index in [0.717, 1.165) is 28.2 Å². The summed E-state index contributed by atoms with van der Waals surface area (Å²) in [6.07, 6.45) is 1.89. The van der Waals surface area contributed by atoms with Crippen molar-refractivity contribution in [1.29, 1.82) is 0 Å². The van der Waals surface area contributed by atoms with E-state index < -0.39 is 0 Å². The Labute approximate surface area is 106 Å². The maximum absolute atomic E-state index is 11.9. The quantitative estimate of drug-likeness (QED) is 0.761. The van der Waals surface area contributed by atoms with Crippen molar-refractivity contribution in [2.75, 3.05) is 0 Å². The summed E-state index contributed by atoms with van der Waals surface area (Å²) in [5.74, 6) is -0.164. The van der Waals surface area contributed by atoms with Crippen molar-refractivity contribution in [3.63, 3.8) is 0 Å². The monoisotopic (exact) mass is 237 g/mol. The van der Waals surface area contributed by atoms with Gasteiger partial charge in [-0.05, 0) is 37.6 Å². The van der Waals surface area contributed by atoms with Gasteiger partial charge in [-0.1, -0.05) is 18.2 Å². The van der Waals surface area contributed by atoms with Crippen LogP contribution in [0.3, 0.4) is 0 Å². The van der Waals surface area contributed by atoms with Crippen LogP contribution in [-0.4, -0.2) is 10.9 Å². The zero-order valence-electron chi connectivity index (χ0n) is 10.3. The van der Waals surface area contributed by atoms with Crippen LogP contribution in [-0.2, 0) is 4.79 Å². The van der Waals surface area contributed by atoms with Gasteiger partial charge >= 0.3 is 0 Å². The highest BCUT2D eigenvalue weighted by molar-refractivity contribution is 6.30. The second kappa shape index (κ2) is 3.88. The van der Waals surface area contributed by atoms with Gasteiger partial charge < -0.3 is 4.98 Å². The van der Waals surface area contributed by atoms with E-state index in [1.807, 2.05) is 44.2 Å². The maximum Gasteiger partial charge on any atom is 0.278 e. The number of amides is 1. The molecule has 18 heavy (non-hydrogen) atoms. The number of carbonyl (C=O) groups excluding carboxylic acids is 1. The van der Waals surface area contributed by atoms with Crippen molar-refractivity contribution in [3.8, 4) is 0 Å². The Morgan fingerprint density at radius 2 is 2.00 bits per heavy atom. The number of hydrogen-bond donors (Lipinski definition) is 1. The number of fused-ring (bicyclic) bond motifs is 1. The first kappa shape index (κ1) is 10.8. The SMILES string of the molecule is Cc1cc(C)c(C=C2C(=O)[N]c3ccccc32)[nH]1. The molecule has 2 aromatic rings. The summed E-state index contributed by atoms with van der Waals surface area (Å²) in [5, 5.41) is 4.05. The normalized spacial score (nSPS) is 15.9. The number of nitrogens with zero attached hydrogens (tertiary/aromatic N) is 1. The molecule has 3 rings (SSSR count). The van der Waals surface area contributed by atoms with E-state index >= 15 is 0 Å². The van der Waals surface area contributed by atoms with Gasteiger partial charge in [0.15, 0.2) is 0 Å². The number of carbonyl (C=O) groups is 1. The van der Waals surface area contributed by atoms with Gasteiger partial charge in [-0.3, -0.25) is 4.79 Å². The van der Waals surface area contributed by atoms with E-state index in [2.05, 4.69) is 16.4 Å². The molecule has 1 aliphatic rings. The standard InChI is InChI=1S/C15H13N2O/c1-9-7-10(2)16-14(9)8-12-11-5-3-4-6-13(11)17-15(12)18/h3-8,16H,1-2H3. The molecule has 1 radical (unpaired) electrons. The van der Waals surface area contributed by atoms with Gasteiger partial charge in [-0.25, -0.2) is 5.32 Å². The molecule has 2 heterocycles. The van der Waals surface area contributed by atoms with Gasteiger partial charge in [-0.15, -0.1) is 0 Å². The van der Waals surface area contributed by atoms with Crippen LogP contribution in [0, 0.1) is 13.8 Å². The Bertz CT molecular complexity index is 665. The molecule has 0 spiro atoms. The average Bonchev–Trinajstić information content (AvgIpc) is 2.81. The molecule has 0 aliphatic carbocycles. The zero-order chi connectivity index (χ0) is 12.7. The smallest absolute Gasteiger partial charge is 0.278 e. The minimum Gasteiger partial charge on any atom is -0.359 e. The number of para-hydroxylation sites is 1. The first-order chi connectivity index (χ1) is 8.65. The van der Waals surface area contributed by atoms with E-state index in [0.29, 0.717) is 5.57 Å². The van der Waals surface area contributed by atoms with Crippen molar-refractivity contribution in [2.45, 2.75) is 13.8 Å². The summed E-state index contributed by atoms with van der Waals surface area (Å²) in [4.78, 5) is 15.2. The fourth-order valence-electron chi connectivity index (χ4n) is 2.27. The van der Waals surface area contributed by atoms with Crippen LogP contribution in [0.15, 0.2) is 30.3 Å². The highest BCUT2D eigenvalue weighted by atomic mass is 16.2. The third kappa shape index (κ3) is 1.64. The van der Waals surface area contributed by atoms with Gasteiger partial charge in [0.05, 0.1) is 11.3 Å². The minimum absolute atomic E-state index is 0.164. The number of hydrogen-bond acceptors (Lipinski definition) is 1. The van der Waals surface area contributed by atoms with Crippen LogP contribution in [0.25, 0.3) is 11.6 Å². The number of aryl methyl sites for hydroxylation is 2. The number of H-pyrrole nitrogens is 1. The number of aromatic amines is 1. The summed E-state index contributed by atoms with van der Waals surface area (Å²) in [6.45, 7) is 4.03. The van der Waals surface area contributed by atoms with E-state index in [4.69, 9.17) is 0 Å². The molecule has 1 N–H and O–H groups in total. The molecule has 89 valence electrons. The van der Waals surface area contributed by atoms with E-state index in [9.17, 15) is 4.79 Å². The molecule has 1 aromatic carbocycles. The lowest BCUT2D eigenvalue weighted by atomic mass is 10.1. The van der Waals surface area contributed by atoms with Crippen molar-refractivity contribution in [3.05, 3.63) is 52.8 Å². The molecule has 0 fully saturated rings. The van der Waals surface area contributed by atoms with Gasteiger partial charge in [0, 0.05) is 17.0 Å². The minimum atomic E-state index is -0.164. The molecule has 0 saturated heterocycles. The van der Waals surface area contributed by atoms with Crippen LogP contribution in [0.4, 0.5) is 5.69 Å². The molecule has 0 bridgehead atoms. The predicted octanol–water partition coefficient (Wildman–Crippen LogP) is 2.95. The first-order valence-corrected chi connectivity index (χ1v) is 5.88. The van der Waals surface area contributed by atoms with Crippen LogP contribution in [0.2, 0.25) is 0 Å². The first-order valence-electron chi connectivity index (χ1n) is 5.88. The van der Waals surface area contributed by atoms with Gasteiger partial charge in [0.1, 0.15) is 0 Å². The highest BCUT2D eigenvalue weighted by Crippen LogP contribution is 2.33. The largest absolute Gasteiger partial charge is 0.359 e. The molecule has 3 nitrogen and oxygen atoms in total. The second-order valence-corrected chi connectivity index (χ2v) is 4.54. The predicted molar refractivity (Wildman–Crippen MR) is 71.4 cm³/mol. The number of benzene rings is 1. The summed E-state index contributed by atoms with van der Waals surface area (Å²) < 4.78 is 0. The lowest BCUT2D eigenvalue weighted by Gasteiger charge is -1.97. The van der Waals surface area contributed by atoms with Crippen LogP contribution in [0.1, 0.15) is 22.5 Å².